The van der Waals surface area contributed by atoms with Gasteiger partial charge in [-0.15, -0.1) is 0 Å². The maximum atomic E-state index is 12.1. The van der Waals surface area contributed by atoms with Crippen molar-refractivity contribution in [3.8, 4) is 11.5 Å². The van der Waals surface area contributed by atoms with E-state index in [1.54, 1.807) is 6.07 Å². The molecule has 0 radical (unpaired) electrons. The number of hydrogen-bond donors (Lipinski definition) is 3. The Balaban J connectivity index is 2.19. The normalized spacial score (nSPS) is 9.96. The average Bonchev–Trinajstić information content (AvgIpc) is 2.48. The van der Waals surface area contributed by atoms with Gasteiger partial charge < -0.3 is 20.3 Å². The van der Waals surface area contributed by atoms with Gasteiger partial charge >= 0.3 is 11.9 Å². The summed E-state index contributed by atoms with van der Waals surface area (Å²) < 4.78 is 4.89. The molecule has 0 fully saturated rings. The van der Waals surface area contributed by atoms with Gasteiger partial charge in [0.2, 0.25) is 0 Å². The maximum absolute atomic E-state index is 12.1. The number of carbonyl (C=O) groups excluding carboxylic acids is 2. The monoisotopic (exact) mass is 315 g/mol. The molecular formula is C16H13NO6. The van der Waals surface area contributed by atoms with Gasteiger partial charge in [0.25, 0.3) is 5.91 Å². The molecule has 0 saturated carbocycles. The second-order valence-electron chi connectivity index (χ2n) is 4.61. The number of nitrogens with one attached hydrogen (secondary N) is 1. The summed E-state index contributed by atoms with van der Waals surface area (Å²) in [6, 6.07) is 9.52. The minimum absolute atomic E-state index is 0.0675. The van der Waals surface area contributed by atoms with Crippen LogP contribution < -0.4 is 10.1 Å². The predicted molar refractivity (Wildman–Crippen MR) is 80.8 cm³/mol. The molecule has 118 valence electrons. The van der Waals surface area contributed by atoms with E-state index < -0.39 is 17.8 Å². The van der Waals surface area contributed by atoms with Crippen molar-refractivity contribution in [2.24, 2.45) is 0 Å². The molecule has 0 aromatic heterocycles. The highest BCUT2D eigenvalue weighted by Crippen LogP contribution is 2.25. The Morgan fingerprint density at radius 2 is 1.78 bits per heavy atom. The number of ether oxygens (including phenoxy) is 1. The second kappa shape index (κ2) is 6.61. The Kier molecular flexibility index (Phi) is 4.61. The Morgan fingerprint density at radius 3 is 2.39 bits per heavy atom. The van der Waals surface area contributed by atoms with Crippen molar-refractivity contribution in [1.29, 1.82) is 0 Å². The van der Waals surface area contributed by atoms with E-state index in [2.05, 4.69) is 5.32 Å². The lowest BCUT2D eigenvalue weighted by Crippen LogP contribution is -2.12. The van der Waals surface area contributed by atoms with Crippen LogP contribution in [0, 0.1) is 0 Å². The van der Waals surface area contributed by atoms with Crippen LogP contribution in [-0.2, 0) is 4.79 Å². The molecule has 0 saturated heterocycles. The van der Waals surface area contributed by atoms with E-state index in [0.29, 0.717) is 0 Å². The highest BCUT2D eigenvalue weighted by atomic mass is 16.5. The van der Waals surface area contributed by atoms with Crippen LogP contribution in [-0.4, -0.2) is 28.1 Å². The van der Waals surface area contributed by atoms with Crippen molar-refractivity contribution < 1.29 is 29.3 Å². The van der Waals surface area contributed by atoms with Crippen molar-refractivity contribution in [1.82, 2.24) is 0 Å². The van der Waals surface area contributed by atoms with Crippen LogP contribution in [0.25, 0.3) is 0 Å². The zero-order valence-corrected chi connectivity index (χ0v) is 12.1. The van der Waals surface area contributed by atoms with Crippen molar-refractivity contribution in [2.45, 2.75) is 6.92 Å². The lowest BCUT2D eigenvalue weighted by Gasteiger charge is -2.09. The highest BCUT2D eigenvalue weighted by Gasteiger charge is 2.12. The van der Waals surface area contributed by atoms with Crippen LogP contribution in [0.3, 0.4) is 0 Å². The molecule has 3 N–H and O–H groups in total. The molecule has 0 atom stereocenters. The number of benzene rings is 2. The molecule has 2 aromatic rings. The Morgan fingerprint density at radius 1 is 1.04 bits per heavy atom. The first-order chi connectivity index (χ1) is 10.9. The third-order valence-electron chi connectivity index (χ3n) is 2.85. The van der Waals surface area contributed by atoms with Gasteiger partial charge in [-0.2, -0.15) is 0 Å². The molecule has 7 nitrogen and oxygen atoms in total. The smallest absolute Gasteiger partial charge is 0.335 e. The number of carboxylic acids is 1. The van der Waals surface area contributed by atoms with Crippen LogP contribution in [0.2, 0.25) is 0 Å². The van der Waals surface area contributed by atoms with Crippen LogP contribution in [0.1, 0.15) is 27.6 Å². The number of esters is 1. The first kappa shape index (κ1) is 16.0. The van der Waals surface area contributed by atoms with E-state index in [-0.39, 0.29) is 28.3 Å². The number of carbonyl (C=O) groups is 3. The van der Waals surface area contributed by atoms with Gasteiger partial charge in [-0.05, 0) is 36.4 Å². The topological polar surface area (TPSA) is 113 Å². The first-order valence-corrected chi connectivity index (χ1v) is 6.53. The fraction of sp³-hybridized carbons (Fsp3) is 0.0625. The van der Waals surface area contributed by atoms with Crippen molar-refractivity contribution in [3.05, 3.63) is 53.6 Å². The molecule has 1 amide bonds. The Hall–Kier alpha value is -3.35. The number of amides is 1. The minimum atomic E-state index is -1.19. The molecule has 0 bridgehead atoms. The second-order valence-corrected chi connectivity index (χ2v) is 4.61. The van der Waals surface area contributed by atoms with E-state index in [0.717, 1.165) is 6.07 Å². The summed E-state index contributed by atoms with van der Waals surface area (Å²) >= 11 is 0. The molecule has 23 heavy (non-hydrogen) atoms. The summed E-state index contributed by atoms with van der Waals surface area (Å²) in [6.45, 7) is 1.24. The predicted octanol–water partition coefficient (Wildman–Crippen LogP) is 2.27. The standard InChI is InChI=1S/C16H13NO6/c1-9(18)23-12-4-2-3-10(7-12)15(20)17-13-6-5-11(16(21)22)8-14(13)19/h2-8,19H,1H3,(H,17,20)(H,21,22). The summed E-state index contributed by atoms with van der Waals surface area (Å²) in [7, 11) is 0. The molecule has 0 aliphatic rings. The zero-order valence-electron chi connectivity index (χ0n) is 12.1. The summed E-state index contributed by atoms with van der Waals surface area (Å²) in [6.07, 6.45) is 0. The van der Waals surface area contributed by atoms with Gasteiger partial charge in [0, 0.05) is 12.5 Å². The van der Waals surface area contributed by atoms with Crippen molar-refractivity contribution in [2.75, 3.05) is 5.32 Å². The van der Waals surface area contributed by atoms with Gasteiger partial charge in [0.15, 0.2) is 0 Å². The van der Waals surface area contributed by atoms with E-state index in [9.17, 15) is 19.5 Å². The van der Waals surface area contributed by atoms with Crippen molar-refractivity contribution >= 4 is 23.5 Å². The number of phenols is 1. The first-order valence-electron chi connectivity index (χ1n) is 6.53. The van der Waals surface area contributed by atoms with Gasteiger partial charge in [0.05, 0.1) is 11.3 Å². The van der Waals surface area contributed by atoms with E-state index >= 15 is 0 Å². The number of rotatable bonds is 4. The molecule has 0 aliphatic carbocycles. The van der Waals surface area contributed by atoms with Crippen molar-refractivity contribution in [3.63, 3.8) is 0 Å². The summed E-state index contributed by atoms with van der Waals surface area (Å²) in [4.78, 5) is 33.9. The summed E-state index contributed by atoms with van der Waals surface area (Å²) in [5.41, 5.74) is 0.181. The van der Waals surface area contributed by atoms with E-state index in [4.69, 9.17) is 9.84 Å². The summed E-state index contributed by atoms with van der Waals surface area (Å²) in [5.74, 6) is -2.39. The minimum Gasteiger partial charge on any atom is -0.506 e. The molecule has 0 heterocycles. The SMILES string of the molecule is CC(=O)Oc1cccc(C(=O)Nc2ccc(C(=O)O)cc2O)c1. The quantitative estimate of drug-likeness (QED) is 0.453. The number of aromatic hydroxyl groups is 1. The van der Waals surface area contributed by atoms with E-state index in [1.807, 2.05) is 0 Å². The average molecular weight is 315 g/mol. The number of phenolic OH excluding ortho intramolecular Hbond substituents is 1. The Bertz CT molecular complexity index is 784. The van der Waals surface area contributed by atoms with Gasteiger partial charge in [-0.3, -0.25) is 9.59 Å². The fourth-order valence-electron chi connectivity index (χ4n) is 1.83. The van der Waals surface area contributed by atoms with Gasteiger partial charge in [-0.25, -0.2) is 4.79 Å². The largest absolute Gasteiger partial charge is 0.506 e. The third kappa shape index (κ3) is 4.07. The molecule has 2 rings (SSSR count). The molecule has 2 aromatic carbocycles. The van der Waals surface area contributed by atoms with Gasteiger partial charge in [0.1, 0.15) is 11.5 Å². The zero-order chi connectivity index (χ0) is 17.0. The lowest BCUT2D eigenvalue weighted by atomic mass is 10.1. The molecular weight excluding hydrogens is 302 g/mol. The third-order valence-corrected chi connectivity index (χ3v) is 2.85. The molecule has 0 aliphatic heterocycles. The fourth-order valence-corrected chi connectivity index (χ4v) is 1.83. The number of aromatic carboxylic acids is 1. The van der Waals surface area contributed by atoms with Crippen LogP contribution in [0.4, 0.5) is 5.69 Å². The number of hydrogen-bond acceptors (Lipinski definition) is 5. The highest BCUT2D eigenvalue weighted by molar-refractivity contribution is 6.05. The maximum Gasteiger partial charge on any atom is 0.335 e. The molecule has 7 heteroatoms. The number of anilines is 1. The van der Waals surface area contributed by atoms with Crippen LogP contribution in [0.15, 0.2) is 42.5 Å². The Labute approximate surface area is 131 Å². The number of carboxylic acid groups (broad SMARTS) is 1. The van der Waals surface area contributed by atoms with Crippen LogP contribution >= 0.6 is 0 Å². The van der Waals surface area contributed by atoms with Crippen LogP contribution in [0.5, 0.6) is 11.5 Å². The molecule has 0 unspecified atom stereocenters. The van der Waals surface area contributed by atoms with E-state index in [1.165, 1.54) is 37.3 Å². The summed E-state index contributed by atoms with van der Waals surface area (Å²) in [5, 5.41) is 21.0. The lowest BCUT2D eigenvalue weighted by molar-refractivity contribution is -0.131. The van der Waals surface area contributed by atoms with Gasteiger partial charge in [-0.1, -0.05) is 6.07 Å². The molecule has 0 spiro atoms.